The van der Waals surface area contributed by atoms with Crippen molar-refractivity contribution in [1.82, 2.24) is 10.1 Å². The summed E-state index contributed by atoms with van der Waals surface area (Å²) in [7, 11) is 3.05. The van der Waals surface area contributed by atoms with Crippen LogP contribution in [0, 0.1) is 0 Å². The first-order valence-electron chi connectivity index (χ1n) is 7.22. The second kappa shape index (κ2) is 6.94. The third kappa shape index (κ3) is 3.32. The van der Waals surface area contributed by atoms with E-state index in [1.165, 1.54) is 23.8 Å². The molecular weight excluding hydrogens is 348 g/mol. The van der Waals surface area contributed by atoms with Crippen LogP contribution in [0.5, 0.6) is 0 Å². The number of hydrogen-bond acceptors (Lipinski definition) is 7. The van der Waals surface area contributed by atoms with Gasteiger partial charge in [0.15, 0.2) is 0 Å². The van der Waals surface area contributed by atoms with Crippen molar-refractivity contribution in [2.24, 2.45) is 0 Å². The van der Waals surface area contributed by atoms with Gasteiger partial charge in [-0.3, -0.25) is 19.7 Å². The average Bonchev–Trinajstić information content (AvgIpc) is 3.16. The number of furan rings is 1. The molecule has 1 saturated heterocycles. The number of amides is 1. The highest BCUT2D eigenvalue weighted by molar-refractivity contribution is 8.26. The SMILES string of the molecule is CON(O)C1=CCC(c2ccc(/C=C3\SC(=S)N(C)C3=O)o2)C=C1. The van der Waals surface area contributed by atoms with E-state index >= 15 is 0 Å². The van der Waals surface area contributed by atoms with Crippen molar-refractivity contribution in [1.29, 1.82) is 0 Å². The van der Waals surface area contributed by atoms with Crippen molar-refractivity contribution >= 4 is 40.3 Å². The molecule has 0 spiro atoms. The number of likely N-dealkylation sites (N-methyl/N-ethyl adjacent to an activating group) is 1. The molecule has 6 nitrogen and oxygen atoms in total. The molecule has 2 heterocycles. The number of thioether (sulfide) groups is 1. The molecule has 1 unspecified atom stereocenters. The van der Waals surface area contributed by atoms with Gasteiger partial charge in [-0.05, 0) is 24.6 Å². The zero-order chi connectivity index (χ0) is 17.3. The number of hydroxylamine groups is 2. The first-order valence-corrected chi connectivity index (χ1v) is 8.45. The van der Waals surface area contributed by atoms with Crippen LogP contribution < -0.4 is 0 Å². The van der Waals surface area contributed by atoms with E-state index < -0.39 is 0 Å². The number of carbonyl (C=O) groups is 1. The molecule has 24 heavy (non-hydrogen) atoms. The van der Waals surface area contributed by atoms with Crippen LogP contribution in [-0.2, 0) is 9.63 Å². The first-order chi connectivity index (χ1) is 11.5. The van der Waals surface area contributed by atoms with E-state index in [4.69, 9.17) is 21.5 Å². The minimum absolute atomic E-state index is 0.0711. The molecule has 8 heteroatoms. The predicted octanol–water partition coefficient (Wildman–Crippen LogP) is 3.29. The lowest BCUT2D eigenvalue weighted by atomic mass is 9.97. The summed E-state index contributed by atoms with van der Waals surface area (Å²) in [6.07, 6.45) is 7.95. The average molecular weight is 364 g/mol. The minimum Gasteiger partial charge on any atom is -0.461 e. The number of allylic oxidation sites excluding steroid dienone is 3. The van der Waals surface area contributed by atoms with Gasteiger partial charge in [0.1, 0.15) is 15.8 Å². The van der Waals surface area contributed by atoms with Crippen LogP contribution in [0.4, 0.5) is 0 Å². The van der Waals surface area contributed by atoms with Crippen LogP contribution in [-0.4, -0.2) is 39.7 Å². The second-order valence-electron chi connectivity index (χ2n) is 5.27. The van der Waals surface area contributed by atoms with Crippen molar-refractivity contribution in [2.75, 3.05) is 14.2 Å². The van der Waals surface area contributed by atoms with E-state index in [9.17, 15) is 10.0 Å². The van der Waals surface area contributed by atoms with Crippen molar-refractivity contribution in [2.45, 2.75) is 12.3 Å². The highest BCUT2D eigenvalue weighted by Gasteiger charge is 2.29. The van der Waals surface area contributed by atoms with Gasteiger partial charge >= 0.3 is 0 Å². The summed E-state index contributed by atoms with van der Waals surface area (Å²) in [5, 5.41) is 10.2. The molecule has 1 aromatic heterocycles. The van der Waals surface area contributed by atoms with Gasteiger partial charge in [-0.15, -0.1) is 5.23 Å². The quantitative estimate of drug-likeness (QED) is 0.499. The van der Waals surface area contributed by atoms with Gasteiger partial charge in [0.05, 0.1) is 17.7 Å². The van der Waals surface area contributed by atoms with Crippen molar-refractivity contribution < 1.29 is 19.3 Å². The lowest BCUT2D eigenvalue weighted by Crippen LogP contribution is -2.22. The Morgan fingerprint density at radius 3 is 2.92 bits per heavy atom. The Labute approximate surface area is 149 Å². The third-order valence-electron chi connectivity index (χ3n) is 3.75. The summed E-state index contributed by atoms with van der Waals surface area (Å²) < 4.78 is 6.37. The molecule has 1 aliphatic carbocycles. The molecule has 0 saturated carbocycles. The maximum atomic E-state index is 12.0. The fraction of sp³-hybridized carbons (Fsp3) is 0.250. The van der Waals surface area contributed by atoms with Crippen LogP contribution in [0.1, 0.15) is 23.9 Å². The molecule has 0 bridgehead atoms. The Bertz CT molecular complexity index is 766. The minimum atomic E-state index is -0.115. The number of rotatable bonds is 4. The van der Waals surface area contributed by atoms with Gasteiger partial charge in [0.25, 0.3) is 5.91 Å². The van der Waals surface area contributed by atoms with E-state index in [0.29, 0.717) is 32.3 Å². The zero-order valence-corrected chi connectivity index (χ0v) is 14.8. The van der Waals surface area contributed by atoms with Crippen LogP contribution in [0.2, 0.25) is 0 Å². The maximum Gasteiger partial charge on any atom is 0.266 e. The summed E-state index contributed by atoms with van der Waals surface area (Å²) >= 11 is 6.37. The summed E-state index contributed by atoms with van der Waals surface area (Å²) in [4.78, 5) is 18.7. The van der Waals surface area contributed by atoms with Crippen molar-refractivity contribution in [3.63, 3.8) is 0 Å². The molecule has 1 N–H and O–H groups in total. The molecule has 3 rings (SSSR count). The monoisotopic (exact) mass is 364 g/mol. The Hall–Kier alpha value is -1.87. The molecular formula is C16H16N2O4S2. The van der Waals surface area contributed by atoms with Gasteiger partial charge in [-0.2, -0.15) is 0 Å². The molecule has 2 aliphatic rings. The van der Waals surface area contributed by atoms with Crippen LogP contribution in [0.25, 0.3) is 6.08 Å². The van der Waals surface area contributed by atoms with Crippen molar-refractivity contribution in [3.05, 3.63) is 52.5 Å². The zero-order valence-electron chi connectivity index (χ0n) is 13.1. The lowest BCUT2D eigenvalue weighted by Gasteiger charge is -2.19. The van der Waals surface area contributed by atoms with E-state index in [2.05, 4.69) is 0 Å². The van der Waals surface area contributed by atoms with Gasteiger partial charge in [-0.25, -0.2) is 0 Å². The molecule has 1 aliphatic heterocycles. The van der Waals surface area contributed by atoms with E-state index in [0.717, 1.165) is 5.76 Å². The Balaban J connectivity index is 1.72. The molecule has 1 aromatic rings. The van der Waals surface area contributed by atoms with E-state index in [1.54, 1.807) is 19.2 Å². The highest BCUT2D eigenvalue weighted by atomic mass is 32.2. The Kier molecular flexibility index (Phi) is 4.91. The van der Waals surface area contributed by atoms with Crippen LogP contribution in [0.15, 0.2) is 45.4 Å². The van der Waals surface area contributed by atoms with Crippen LogP contribution in [0.3, 0.4) is 0 Å². The maximum absolute atomic E-state index is 12.0. The molecule has 1 amide bonds. The lowest BCUT2D eigenvalue weighted by molar-refractivity contribution is -0.296. The molecule has 0 radical (unpaired) electrons. The molecule has 126 valence electrons. The summed E-state index contributed by atoms with van der Waals surface area (Å²) in [5.74, 6) is 1.36. The van der Waals surface area contributed by atoms with E-state index in [-0.39, 0.29) is 11.8 Å². The van der Waals surface area contributed by atoms with Gasteiger partial charge in [-0.1, -0.05) is 36.1 Å². The topological polar surface area (TPSA) is 66.2 Å². The van der Waals surface area contributed by atoms with Crippen LogP contribution >= 0.6 is 24.0 Å². The molecule has 1 fully saturated rings. The summed E-state index contributed by atoms with van der Waals surface area (Å²) in [6, 6.07) is 3.72. The van der Waals surface area contributed by atoms with Gasteiger partial charge in [0.2, 0.25) is 0 Å². The summed E-state index contributed by atoms with van der Waals surface area (Å²) in [6.45, 7) is 0. The first kappa shape index (κ1) is 17.0. The fourth-order valence-electron chi connectivity index (χ4n) is 2.39. The number of carbonyl (C=O) groups excluding carboxylic acids is 1. The predicted molar refractivity (Wildman–Crippen MR) is 94.9 cm³/mol. The standard InChI is InChI=1S/C16H16N2O4S2/c1-17-15(19)14(24-16(17)23)9-12-7-8-13(22-12)10-3-5-11(6-4-10)18(20)21-2/h3,5-10,20H,4H2,1-2H3/b14-9-. The largest absolute Gasteiger partial charge is 0.461 e. The van der Waals surface area contributed by atoms with E-state index in [1.807, 2.05) is 24.3 Å². The Morgan fingerprint density at radius 1 is 1.54 bits per heavy atom. The summed E-state index contributed by atoms with van der Waals surface area (Å²) in [5.41, 5.74) is 0.576. The molecule has 0 aromatic carbocycles. The smallest absolute Gasteiger partial charge is 0.266 e. The van der Waals surface area contributed by atoms with Gasteiger partial charge in [0, 0.05) is 19.0 Å². The number of nitrogens with zero attached hydrogens (tertiary/aromatic N) is 2. The van der Waals surface area contributed by atoms with Gasteiger partial charge < -0.3 is 4.42 Å². The normalized spacial score (nSPS) is 22.5. The fourth-order valence-corrected chi connectivity index (χ4v) is 3.55. The highest BCUT2D eigenvalue weighted by Crippen LogP contribution is 2.33. The third-order valence-corrected chi connectivity index (χ3v) is 5.23. The number of hydrogen-bond donors (Lipinski definition) is 1. The number of thiocarbonyl (C=S) groups is 1. The second-order valence-corrected chi connectivity index (χ2v) is 6.94. The Morgan fingerprint density at radius 2 is 2.33 bits per heavy atom. The molecule has 1 atom stereocenters. The van der Waals surface area contributed by atoms with Crippen molar-refractivity contribution in [3.8, 4) is 0 Å².